The third-order valence-corrected chi connectivity index (χ3v) is 12.2. The molecule has 64 heavy (non-hydrogen) atoms. The number of rotatable bonds is 49. The number of unbranched alkanes of at least 4 members (excludes halogenated alkanes) is 25. The second-order valence-corrected chi connectivity index (χ2v) is 18.7. The molecule has 11 nitrogen and oxygen atoms in total. The Morgan fingerprint density at radius 2 is 0.859 bits per heavy atom. The topological polar surface area (TPSA) is 156 Å². The van der Waals surface area contributed by atoms with E-state index in [1.807, 2.05) is 30.3 Å². The molecule has 13 heteroatoms. The Kier molecular flexibility index (Phi) is 44.3. The number of hydrogen-bond donors (Lipinski definition) is 8. The second kappa shape index (κ2) is 47.3. The van der Waals surface area contributed by atoms with E-state index in [2.05, 4.69) is 31.7 Å². The maximum absolute atomic E-state index is 12.4. The van der Waals surface area contributed by atoms with Crippen LogP contribution in [0.1, 0.15) is 205 Å². The average Bonchev–Trinajstić information content (AvgIpc) is 3.28. The molecule has 0 saturated heterocycles. The van der Waals surface area contributed by atoms with Gasteiger partial charge in [-0.15, -0.1) is 0 Å². The highest BCUT2D eigenvalue weighted by Gasteiger charge is 2.09. The summed E-state index contributed by atoms with van der Waals surface area (Å²) < 4.78 is 5.26. The molecule has 0 bridgehead atoms. The van der Waals surface area contributed by atoms with Gasteiger partial charge in [0.15, 0.2) is 0 Å². The van der Waals surface area contributed by atoms with E-state index < -0.39 is 14.1 Å². The van der Waals surface area contributed by atoms with Crippen molar-refractivity contribution in [2.75, 3.05) is 52.4 Å². The maximum atomic E-state index is 12.4. The molecular weight excluding hydrogens is 798 g/mol. The highest BCUT2D eigenvalue weighted by Crippen LogP contribution is 2.16. The van der Waals surface area contributed by atoms with E-state index in [0.29, 0.717) is 25.5 Å². The van der Waals surface area contributed by atoms with Gasteiger partial charge in [-0.05, 0) is 116 Å². The van der Waals surface area contributed by atoms with Crippen molar-refractivity contribution < 1.29 is 24.4 Å². The van der Waals surface area contributed by atoms with Crippen molar-refractivity contribution in [2.45, 2.75) is 219 Å². The largest absolute Gasteiger partial charge is 0.445 e. The summed E-state index contributed by atoms with van der Waals surface area (Å²) in [7, 11) is -0.873. The highest BCUT2D eigenvalue weighted by atomic mass is 16.5. The minimum absolute atomic E-state index is 0.227. The molecule has 1 rings (SSSR count). The minimum Gasteiger partial charge on any atom is -0.445 e. The molecule has 1 aromatic carbocycles. The molecule has 0 heterocycles. The summed E-state index contributed by atoms with van der Waals surface area (Å²) in [5, 5.41) is 38.2. The fourth-order valence-corrected chi connectivity index (χ4v) is 8.22. The highest BCUT2D eigenvalue weighted by molar-refractivity contribution is 6.45. The summed E-state index contributed by atoms with van der Waals surface area (Å²) >= 11 is 0. The van der Waals surface area contributed by atoms with E-state index in [0.717, 1.165) is 96.3 Å². The van der Waals surface area contributed by atoms with Gasteiger partial charge in [-0.2, -0.15) is 0 Å². The zero-order valence-electron chi connectivity index (χ0n) is 41.5. The average molecular weight is 899 g/mol. The lowest BCUT2D eigenvalue weighted by Crippen LogP contribution is -2.34. The molecule has 0 unspecified atom stereocenters. The van der Waals surface area contributed by atoms with Gasteiger partial charge in [0.25, 0.3) is 0 Å². The second-order valence-electron chi connectivity index (χ2n) is 18.7. The normalized spacial score (nSPS) is 11.3. The molecule has 0 aromatic heterocycles. The Morgan fingerprint density at radius 3 is 1.31 bits per heavy atom. The molecule has 0 atom stereocenters. The van der Waals surface area contributed by atoms with Gasteiger partial charge in [0, 0.05) is 19.5 Å². The van der Waals surface area contributed by atoms with E-state index in [4.69, 9.17) is 4.74 Å². The van der Waals surface area contributed by atoms with Gasteiger partial charge < -0.3 is 46.5 Å². The summed E-state index contributed by atoms with van der Waals surface area (Å²) in [5.41, 5.74) is 1.01. The predicted molar refractivity (Wildman–Crippen MR) is 274 cm³/mol. The number of hydrogen-bond acceptors (Lipinski definition) is 9. The van der Waals surface area contributed by atoms with Gasteiger partial charge in [-0.3, -0.25) is 4.79 Å². The number of ether oxygens (including phenoxy) is 1. The molecular formula is C51H100B2N6O5. The number of amides is 2. The molecule has 370 valence electrons. The quantitative estimate of drug-likeness (QED) is 0.0236. The third-order valence-electron chi connectivity index (χ3n) is 12.2. The Labute approximate surface area is 394 Å². The molecule has 0 aliphatic heterocycles. The molecule has 1 aromatic rings. The first-order chi connectivity index (χ1) is 31.4. The zero-order valence-corrected chi connectivity index (χ0v) is 41.5. The summed E-state index contributed by atoms with van der Waals surface area (Å²) in [6.07, 6.45) is 38.0. The van der Waals surface area contributed by atoms with E-state index in [-0.39, 0.29) is 12.0 Å². The number of benzene rings is 1. The fraction of sp³-hybridized carbons (Fsp3) is 0.843. The predicted octanol–water partition coefficient (Wildman–Crippen LogP) is 10.3. The first-order valence-electron chi connectivity index (χ1n) is 26.8. The van der Waals surface area contributed by atoms with Crippen molar-refractivity contribution in [3.8, 4) is 0 Å². The molecule has 0 radical (unpaired) electrons. The van der Waals surface area contributed by atoms with Crippen molar-refractivity contribution in [1.82, 2.24) is 31.7 Å². The number of nitrogens with one attached hydrogen (secondary N) is 6. The molecule has 8 N–H and O–H groups in total. The van der Waals surface area contributed by atoms with Crippen LogP contribution in [0, 0.1) is 5.92 Å². The van der Waals surface area contributed by atoms with E-state index in [1.165, 1.54) is 148 Å². The fourth-order valence-electron chi connectivity index (χ4n) is 8.22. The monoisotopic (exact) mass is 899 g/mol. The Morgan fingerprint density at radius 1 is 0.484 bits per heavy atom. The van der Waals surface area contributed by atoms with Gasteiger partial charge in [0.05, 0.1) is 0 Å². The van der Waals surface area contributed by atoms with Crippen LogP contribution >= 0.6 is 0 Å². The summed E-state index contributed by atoms with van der Waals surface area (Å²) in [5.74, 6) is 0.838. The van der Waals surface area contributed by atoms with E-state index in [1.54, 1.807) is 13.6 Å². The standard InChI is InChI=1S/C51H100B2N6O5/c1-52(62)58-43-33-31-39-54-45-49(46-55-40-32-34-44-59-53(2)63)37-25-21-23-29-41-56-50(60)38-28-20-18-16-14-12-10-8-6-4-3-5-7-9-11-13-15-17-19-22-30-42-57-51(61)64-47-48-35-26-24-27-36-48/h24,26-27,35-36,49,54-55,58-59,62-63H,3-23,25,28-34,37-47H2,1-2H3,(H,56,60)(H,57,61). The van der Waals surface area contributed by atoms with Crippen LogP contribution in [0.4, 0.5) is 4.79 Å². The summed E-state index contributed by atoms with van der Waals surface area (Å²) in [4.78, 5) is 24.2. The van der Waals surface area contributed by atoms with Crippen LogP contribution in [-0.2, 0) is 16.1 Å². The lowest BCUT2D eigenvalue weighted by molar-refractivity contribution is -0.121. The van der Waals surface area contributed by atoms with Crippen LogP contribution < -0.4 is 31.7 Å². The molecule has 2 amide bonds. The molecule has 0 spiro atoms. The lowest BCUT2D eigenvalue weighted by Gasteiger charge is -2.19. The SMILES string of the molecule is CB(O)NCCCCNCC(CCCCCCNC(=O)CCCCCCCCCCCCCCCCCCCCCCCNC(=O)OCc1ccccc1)CNCCCCNB(C)O. The van der Waals surface area contributed by atoms with Gasteiger partial charge >= 0.3 is 20.2 Å². The van der Waals surface area contributed by atoms with Crippen LogP contribution in [0.15, 0.2) is 30.3 Å². The van der Waals surface area contributed by atoms with Crippen LogP contribution in [-0.4, -0.2) is 88.5 Å². The van der Waals surface area contributed by atoms with Gasteiger partial charge in [-0.25, -0.2) is 4.79 Å². The zero-order chi connectivity index (χ0) is 46.2. The number of alkyl carbamates (subject to hydrolysis) is 1. The molecule has 0 saturated carbocycles. The first-order valence-corrected chi connectivity index (χ1v) is 26.8. The van der Waals surface area contributed by atoms with Crippen molar-refractivity contribution in [1.29, 1.82) is 0 Å². The number of carbonyl (C=O) groups excluding carboxylic acids is 2. The van der Waals surface area contributed by atoms with Gasteiger partial charge in [-0.1, -0.05) is 172 Å². The van der Waals surface area contributed by atoms with Crippen LogP contribution in [0.3, 0.4) is 0 Å². The van der Waals surface area contributed by atoms with Crippen molar-refractivity contribution in [3.63, 3.8) is 0 Å². The lowest BCUT2D eigenvalue weighted by atomic mass is 9.89. The van der Waals surface area contributed by atoms with E-state index >= 15 is 0 Å². The molecule has 0 fully saturated rings. The van der Waals surface area contributed by atoms with Crippen LogP contribution in [0.5, 0.6) is 0 Å². The minimum atomic E-state index is -0.437. The van der Waals surface area contributed by atoms with Crippen LogP contribution in [0.25, 0.3) is 0 Å². The van der Waals surface area contributed by atoms with Crippen molar-refractivity contribution in [3.05, 3.63) is 35.9 Å². The van der Waals surface area contributed by atoms with Crippen molar-refractivity contribution >= 4 is 26.1 Å². The third kappa shape index (κ3) is 45.0. The van der Waals surface area contributed by atoms with Gasteiger partial charge in [0.2, 0.25) is 5.91 Å². The van der Waals surface area contributed by atoms with Crippen LogP contribution in [0.2, 0.25) is 13.6 Å². The Hall–Kier alpha value is -2.15. The number of carbonyl (C=O) groups is 2. The maximum Gasteiger partial charge on any atom is 0.407 e. The first kappa shape index (κ1) is 59.9. The molecule has 0 aliphatic carbocycles. The Bertz CT molecular complexity index is 1120. The Balaban J connectivity index is 1.84. The smallest absolute Gasteiger partial charge is 0.407 e. The van der Waals surface area contributed by atoms with Gasteiger partial charge in [0.1, 0.15) is 6.61 Å². The summed E-state index contributed by atoms with van der Waals surface area (Å²) in [6, 6.07) is 9.79. The molecule has 0 aliphatic rings. The summed E-state index contributed by atoms with van der Waals surface area (Å²) in [6.45, 7) is 11.1. The van der Waals surface area contributed by atoms with Crippen molar-refractivity contribution in [2.24, 2.45) is 5.92 Å². The van der Waals surface area contributed by atoms with E-state index in [9.17, 15) is 19.6 Å².